The maximum Gasteiger partial charge on any atom is 0.251 e. The molecule has 0 saturated carbocycles. The molecule has 8 heteroatoms. The summed E-state index contributed by atoms with van der Waals surface area (Å²) in [6.45, 7) is 5.25. The molecule has 2 aromatic carbocycles. The van der Waals surface area contributed by atoms with Crippen molar-refractivity contribution in [3.05, 3.63) is 65.0 Å². The van der Waals surface area contributed by atoms with Gasteiger partial charge in [0.25, 0.3) is 5.91 Å². The maximum absolute atomic E-state index is 14.4. The van der Waals surface area contributed by atoms with Gasteiger partial charge in [0.15, 0.2) is 0 Å². The van der Waals surface area contributed by atoms with Gasteiger partial charge in [-0.1, -0.05) is 30.7 Å². The van der Waals surface area contributed by atoms with E-state index in [9.17, 15) is 17.6 Å². The van der Waals surface area contributed by atoms with Crippen LogP contribution in [-0.2, 0) is 23.1 Å². The Hall–Kier alpha value is -2.29. The molecule has 0 spiro atoms. The van der Waals surface area contributed by atoms with Crippen molar-refractivity contribution in [3.8, 4) is 0 Å². The number of carbonyl (C=O) groups excluding carboxylic acids is 1. The van der Waals surface area contributed by atoms with Crippen LogP contribution in [0.1, 0.15) is 60.5 Å². The molecule has 0 radical (unpaired) electrons. The van der Waals surface area contributed by atoms with Gasteiger partial charge in [0.05, 0.1) is 0 Å². The van der Waals surface area contributed by atoms with Crippen molar-refractivity contribution in [1.82, 2.24) is 14.5 Å². The van der Waals surface area contributed by atoms with Crippen molar-refractivity contribution in [1.29, 1.82) is 0 Å². The van der Waals surface area contributed by atoms with Crippen LogP contribution in [0.4, 0.5) is 4.39 Å². The van der Waals surface area contributed by atoms with Crippen LogP contribution >= 0.6 is 0 Å². The molecular formula is C25H32FN3O3S. The third-order valence-corrected chi connectivity index (χ3v) is 8.66. The molecule has 2 aromatic rings. The summed E-state index contributed by atoms with van der Waals surface area (Å²) < 4.78 is 41.3. The minimum absolute atomic E-state index is 0.135. The first-order chi connectivity index (χ1) is 15.9. The van der Waals surface area contributed by atoms with Crippen LogP contribution < -0.4 is 5.32 Å². The van der Waals surface area contributed by atoms with Crippen LogP contribution in [0.15, 0.2) is 47.4 Å². The van der Waals surface area contributed by atoms with Crippen LogP contribution in [-0.4, -0.2) is 49.2 Å². The largest absolute Gasteiger partial charge is 0.348 e. The highest BCUT2D eigenvalue weighted by molar-refractivity contribution is 7.89. The van der Waals surface area contributed by atoms with Crippen molar-refractivity contribution in [2.45, 2.75) is 63.1 Å². The molecule has 6 nitrogen and oxygen atoms in total. The van der Waals surface area contributed by atoms with Crippen LogP contribution in [0.2, 0.25) is 0 Å². The number of amides is 1. The Kier molecular flexibility index (Phi) is 7.46. The van der Waals surface area contributed by atoms with E-state index >= 15 is 0 Å². The number of benzene rings is 2. The first kappa shape index (κ1) is 23.9. The van der Waals surface area contributed by atoms with Gasteiger partial charge in [-0.3, -0.25) is 9.69 Å². The molecule has 2 saturated heterocycles. The standard InChI is InChI=1S/C25H32FN3O3S/c1-19-8-4-5-13-28(19)18-22-10-3-2-9-21(22)17-27-25(30)20-11-12-23(26)24(16-20)33(31,32)29-14-6-7-15-29/h2-3,9-12,16,19H,4-8,13-15,17-18H2,1H3,(H,27,30). The molecule has 0 aromatic heterocycles. The van der Waals surface area contributed by atoms with Gasteiger partial charge in [-0.25, -0.2) is 12.8 Å². The Bertz CT molecular complexity index is 1100. The highest BCUT2D eigenvalue weighted by Crippen LogP contribution is 2.25. The van der Waals surface area contributed by atoms with Crippen molar-refractivity contribution in [2.75, 3.05) is 19.6 Å². The van der Waals surface area contributed by atoms with Crippen molar-refractivity contribution in [3.63, 3.8) is 0 Å². The van der Waals surface area contributed by atoms with E-state index in [1.807, 2.05) is 18.2 Å². The lowest BCUT2D eigenvalue weighted by atomic mass is 10.0. The molecule has 2 aliphatic rings. The molecule has 33 heavy (non-hydrogen) atoms. The topological polar surface area (TPSA) is 69.7 Å². The lowest BCUT2D eigenvalue weighted by Crippen LogP contribution is -2.37. The molecule has 1 unspecified atom stereocenters. The number of carbonyl (C=O) groups is 1. The monoisotopic (exact) mass is 473 g/mol. The summed E-state index contributed by atoms with van der Waals surface area (Å²) in [7, 11) is -3.95. The zero-order valence-corrected chi connectivity index (χ0v) is 19.9. The summed E-state index contributed by atoms with van der Waals surface area (Å²) in [6, 6.07) is 12.1. The number of hydrogen-bond donors (Lipinski definition) is 1. The summed E-state index contributed by atoms with van der Waals surface area (Å²) in [6.07, 6.45) is 5.19. The van der Waals surface area contributed by atoms with Crippen molar-refractivity contribution < 1.29 is 17.6 Å². The fourth-order valence-corrected chi connectivity index (χ4v) is 6.29. The van der Waals surface area contributed by atoms with Gasteiger partial charge in [0.2, 0.25) is 10.0 Å². The highest BCUT2D eigenvalue weighted by Gasteiger charge is 2.30. The lowest BCUT2D eigenvalue weighted by molar-refractivity contribution is 0.0950. The number of rotatable bonds is 7. The second-order valence-corrected chi connectivity index (χ2v) is 10.9. The van der Waals surface area contributed by atoms with E-state index in [4.69, 9.17) is 0 Å². The fraction of sp³-hybridized carbons (Fsp3) is 0.480. The Balaban J connectivity index is 1.47. The molecule has 0 aliphatic carbocycles. The number of likely N-dealkylation sites (tertiary alicyclic amines) is 1. The zero-order valence-electron chi connectivity index (χ0n) is 19.1. The fourth-order valence-electron chi connectivity index (χ4n) is 4.68. The minimum Gasteiger partial charge on any atom is -0.348 e. The summed E-state index contributed by atoms with van der Waals surface area (Å²) in [5.74, 6) is -1.26. The number of hydrogen-bond acceptors (Lipinski definition) is 4. The second kappa shape index (κ2) is 10.3. The molecular weight excluding hydrogens is 441 g/mol. The maximum atomic E-state index is 14.4. The van der Waals surface area contributed by atoms with Crippen molar-refractivity contribution in [2.24, 2.45) is 0 Å². The van der Waals surface area contributed by atoms with Gasteiger partial charge in [-0.15, -0.1) is 0 Å². The third kappa shape index (κ3) is 5.45. The van der Waals surface area contributed by atoms with Crippen LogP contribution in [0.3, 0.4) is 0 Å². The SMILES string of the molecule is CC1CCCCN1Cc1ccccc1CNC(=O)c1ccc(F)c(S(=O)(=O)N2CCCC2)c1. The average Bonchev–Trinajstić information content (AvgIpc) is 3.36. The molecule has 1 amide bonds. The summed E-state index contributed by atoms with van der Waals surface area (Å²) in [4.78, 5) is 14.9. The molecule has 2 fully saturated rings. The number of nitrogens with zero attached hydrogens (tertiary/aromatic N) is 2. The Morgan fingerprint density at radius 3 is 2.45 bits per heavy atom. The number of sulfonamides is 1. The second-order valence-electron chi connectivity index (χ2n) is 9.02. The van der Waals surface area contributed by atoms with Gasteiger partial charge < -0.3 is 5.32 Å². The van der Waals surface area contributed by atoms with E-state index in [2.05, 4.69) is 23.2 Å². The van der Waals surface area contributed by atoms with Gasteiger partial charge >= 0.3 is 0 Å². The molecule has 2 aliphatic heterocycles. The van der Waals surface area contributed by atoms with E-state index in [0.717, 1.165) is 43.6 Å². The average molecular weight is 474 g/mol. The molecule has 178 valence electrons. The van der Waals surface area contributed by atoms with Crippen LogP contribution in [0, 0.1) is 5.82 Å². The first-order valence-corrected chi connectivity index (χ1v) is 13.2. The van der Waals surface area contributed by atoms with E-state index in [-0.39, 0.29) is 5.56 Å². The first-order valence-electron chi connectivity index (χ1n) is 11.7. The molecule has 1 atom stereocenters. The molecule has 2 heterocycles. The summed E-state index contributed by atoms with van der Waals surface area (Å²) in [5.41, 5.74) is 2.33. The smallest absolute Gasteiger partial charge is 0.251 e. The van der Waals surface area contributed by atoms with Gasteiger partial charge in [-0.05, 0) is 68.5 Å². The van der Waals surface area contributed by atoms with E-state index in [1.54, 1.807) is 0 Å². The number of halogens is 1. The highest BCUT2D eigenvalue weighted by atomic mass is 32.2. The predicted molar refractivity (Wildman–Crippen MR) is 126 cm³/mol. The summed E-state index contributed by atoms with van der Waals surface area (Å²) in [5, 5.41) is 2.88. The molecule has 1 N–H and O–H groups in total. The summed E-state index contributed by atoms with van der Waals surface area (Å²) >= 11 is 0. The van der Waals surface area contributed by atoms with Gasteiger partial charge in [0, 0.05) is 37.8 Å². The predicted octanol–water partition coefficient (Wildman–Crippen LogP) is 3.91. The zero-order chi connectivity index (χ0) is 23.4. The molecule has 0 bridgehead atoms. The van der Waals surface area contributed by atoms with Crippen LogP contribution in [0.5, 0.6) is 0 Å². The minimum atomic E-state index is -3.95. The molecule has 4 rings (SSSR count). The normalized spacial score (nSPS) is 20.1. The Morgan fingerprint density at radius 1 is 1.03 bits per heavy atom. The Labute approximate surface area is 195 Å². The number of piperidine rings is 1. The van der Waals surface area contributed by atoms with Crippen LogP contribution in [0.25, 0.3) is 0 Å². The van der Waals surface area contributed by atoms with Crippen molar-refractivity contribution >= 4 is 15.9 Å². The number of nitrogens with one attached hydrogen (secondary N) is 1. The van der Waals surface area contributed by atoms with Gasteiger partial charge in [0.1, 0.15) is 10.7 Å². The van der Waals surface area contributed by atoms with E-state index < -0.39 is 26.6 Å². The lowest BCUT2D eigenvalue weighted by Gasteiger charge is -2.33. The Morgan fingerprint density at radius 2 is 1.73 bits per heavy atom. The van der Waals surface area contributed by atoms with E-state index in [1.165, 1.54) is 35.2 Å². The third-order valence-electron chi connectivity index (χ3n) is 6.75. The van der Waals surface area contributed by atoms with Gasteiger partial charge in [-0.2, -0.15) is 4.31 Å². The quantitative estimate of drug-likeness (QED) is 0.662. The van der Waals surface area contributed by atoms with E-state index in [0.29, 0.717) is 25.7 Å².